The Hall–Kier alpha value is 0.861. The van der Waals surface area contributed by atoms with Gasteiger partial charge in [-0.2, -0.15) is 0 Å². The molecular weight excluding hydrogens is 404 g/mol. The van der Waals surface area contributed by atoms with Crippen molar-refractivity contribution in [1.82, 2.24) is 0 Å². The molecule has 0 N–H and O–H groups in total. The molecule has 158 valence electrons. The van der Waals surface area contributed by atoms with E-state index in [9.17, 15) is 0 Å². The summed E-state index contributed by atoms with van der Waals surface area (Å²) in [6.07, 6.45) is 21.7. The predicted molar refractivity (Wildman–Crippen MR) is 125 cm³/mol. The van der Waals surface area contributed by atoms with Crippen LogP contribution in [0.4, 0.5) is 0 Å². The zero-order valence-corrected chi connectivity index (χ0v) is 22.0. The molecule has 3 rings (SSSR count). The fourth-order valence-corrected chi connectivity index (χ4v) is 22.1. The Morgan fingerprint density at radius 1 is 0.630 bits per heavy atom. The van der Waals surface area contributed by atoms with Gasteiger partial charge in [0.25, 0.3) is 16.9 Å². The van der Waals surface area contributed by atoms with Crippen LogP contribution in [-0.2, 0) is 8.23 Å². The maximum absolute atomic E-state index is 7.44. The van der Waals surface area contributed by atoms with Crippen LogP contribution in [0.3, 0.4) is 0 Å². The maximum Gasteiger partial charge on any atom is 0.298 e. The highest BCUT2D eigenvalue weighted by molar-refractivity contribution is 7.17. The summed E-state index contributed by atoms with van der Waals surface area (Å²) in [5.41, 5.74) is 2.70. The Morgan fingerprint density at radius 2 is 0.963 bits per heavy atom. The van der Waals surface area contributed by atoms with E-state index in [-0.39, 0.29) is 0 Å². The molecule has 0 aromatic heterocycles. The summed E-state index contributed by atoms with van der Waals surface area (Å²) >= 11 is 6.60. The van der Waals surface area contributed by atoms with E-state index in [2.05, 4.69) is 19.6 Å². The van der Waals surface area contributed by atoms with Gasteiger partial charge in [-0.15, -0.1) is 11.1 Å². The zero-order chi connectivity index (χ0) is 19.3. The van der Waals surface area contributed by atoms with Gasteiger partial charge in [0.15, 0.2) is 8.32 Å². The molecule has 0 aliphatic heterocycles. The quantitative estimate of drug-likeness (QED) is 0.293. The first-order chi connectivity index (χ1) is 12.9. The summed E-state index contributed by atoms with van der Waals surface area (Å²) in [5.74, 6) is 0. The lowest BCUT2D eigenvalue weighted by atomic mass is 9.98. The largest absolute Gasteiger partial charge is 0.438 e. The second kappa shape index (κ2) is 10.3. The Kier molecular flexibility index (Phi) is 8.56. The minimum atomic E-state index is -2.04. The smallest absolute Gasteiger partial charge is 0.298 e. The van der Waals surface area contributed by atoms with Crippen LogP contribution in [0.5, 0.6) is 0 Å². The summed E-state index contributed by atoms with van der Waals surface area (Å²) in [6, 6.07) is 0. The van der Waals surface area contributed by atoms with E-state index in [4.69, 9.17) is 19.3 Å². The SMILES string of the molecule is C[SiH](O[Si](C)(C)Cl)O[Si](C1CCCCC1)(C1CCCCC1)C1CCCCC1. The molecule has 0 radical (unpaired) electrons. The highest BCUT2D eigenvalue weighted by Crippen LogP contribution is 2.57. The zero-order valence-electron chi connectivity index (χ0n) is 18.1. The number of halogens is 1. The van der Waals surface area contributed by atoms with Gasteiger partial charge in [-0.3, -0.25) is 0 Å². The van der Waals surface area contributed by atoms with Crippen molar-refractivity contribution >= 4 is 36.3 Å². The van der Waals surface area contributed by atoms with E-state index in [0.29, 0.717) is 0 Å². The molecule has 3 aliphatic rings. The average Bonchev–Trinajstić information content (AvgIpc) is 2.67. The normalized spacial score (nSPS) is 26.2. The molecule has 1 atom stereocenters. The number of hydrogen-bond acceptors (Lipinski definition) is 2. The Balaban J connectivity index is 1.91. The number of rotatable bonds is 7. The minimum Gasteiger partial charge on any atom is -0.438 e. The van der Waals surface area contributed by atoms with E-state index >= 15 is 0 Å². The van der Waals surface area contributed by atoms with Gasteiger partial charge < -0.3 is 8.23 Å². The Labute approximate surface area is 176 Å². The Bertz CT molecular complexity index is 394. The summed E-state index contributed by atoms with van der Waals surface area (Å²) in [4.78, 5) is 0. The second-order valence-electron chi connectivity index (χ2n) is 10.0. The molecule has 3 saturated carbocycles. The van der Waals surface area contributed by atoms with Gasteiger partial charge in [0, 0.05) is 0 Å². The van der Waals surface area contributed by atoms with Gasteiger partial charge in [0.2, 0.25) is 0 Å². The van der Waals surface area contributed by atoms with Crippen molar-refractivity contribution in [2.75, 3.05) is 0 Å². The molecule has 0 amide bonds. The minimum absolute atomic E-state index is 0.899. The van der Waals surface area contributed by atoms with E-state index in [1.165, 1.54) is 96.3 Å². The maximum atomic E-state index is 7.44. The van der Waals surface area contributed by atoms with Crippen LogP contribution < -0.4 is 0 Å². The van der Waals surface area contributed by atoms with Crippen molar-refractivity contribution in [3.8, 4) is 0 Å². The molecule has 3 aliphatic carbocycles. The van der Waals surface area contributed by atoms with Crippen molar-refractivity contribution in [2.45, 2.75) is 133 Å². The highest BCUT2D eigenvalue weighted by Gasteiger charge is 2.55. The van der Waals surface area contributed by atoms with Crippen molar-refractivity contribution in [1.29, 1.82) is 0 Å². The average molecular weight is 447 g/mol. The van der Waals surface area contributed by atoms with Crippen molar-refractivity contribution in [3.63, 3.8) is 0 Å². The van der Waals surface area contributed by atoms with Crippen LogP contribution in [-0.4, -0.2) is 25.2 Å². The van der Waals surface area contributed by atoms with E-state index in [1.54, 1.807) is 0 Å². The standard InChI is InChI=1S/C21H43ClO2Si3/c1-25(23-26(2,3)22)24-27(19-13-7-4-8-14-19,20-15-9-5-10-16-20)21-17-11-6-12-18-21/h19-21,25H,4-18H2,1-3H3. The molecule has 6 heteroatoms. The molecule has 0 spiro atoms. The molecule has 0 aromatic rings. The van der Waals surface area contributed by atoms with Gasteiger partial charge in [-0.25, -0.2) is 0 Å². The molecule has 0 aromatic carbocycles. The van der Waals surface area contributed by atoms with Crippen LogP contribution >= 0.6 is 11.1 Å². The topological polar surface area (TPSA) is 18.5 Å². The monoisotopic (exact) mass is 446 g/mol. The predicted octanol–water partition coefficient (Wildman–Crippen LogP) is 7.76. The van der Waals surface area contributed by atoms with Crippen molar-refractivity contribution < 1.29 is 8.23 Å². The van der Waals surface area contributed by atoms with Gasteiger partial charge in [0.1, 0.15) is 0 Å². The summed E-state index contributed by atoms with van der Waals surface area (Å²) in [6.45, 7) is 6.53. The summed E-state index contributed by atoms with van der Waals surface area (Å²) in [5, 5.41) is 0. The first-order valence-electron chi connectivity index (χ1n) is 12.0. The molecule has 1 unspecified atom stereocenters. The fourth-order valence-electron chi connectivity index (χ4n) is 6.66. The summed E-state index contributed by atoms with van der Waals surface area (Å²) < 4.78 is 13.9. The van der Waals surface area contributed by atoms with E-state index < -0.39 is 25.2 Å². The third kappa shape index (κ3) is 5.94. The van der Waals surface area contributed by atoms with E-state index in [1.807, 2.05) is 0 Å². The third-order valence-electron chi connectivity index (χ3n) is 7.55. The highest BCUT2D eigenvalue weighted by atomic mass is 35.6. The molecule has 0 heterocycles. The van der Waals surface area contributed by atoms with Crippen LogP contribution in [0.15, 0.2) is 0 Å². The molecule has 3 fully saturated rings. The van der Waals surface area contributed by atoms with Gasteiger partial charge in [-0.05, 0) is 36.3 Å². The lowest BCUT2D eigenvalue weighted by Crippen LogP contribution is -2.57. The first kappa shape index (κ1) is 22.5. The lowest BCUT2D eigenvalue weighted by Gasteiger charge is -2.53. The van der Waals surface area contributed by atoms with Gasteiger partial charge in [-0.1, -0.05) is 96.3 Å². The first-order valence-corrected chi connectivity index (χ1v) is 20.1. The third-order valence-corrected chi connectivity index (χ3v) is 20.4. The van der Waals surface area contributed by atoms with Crippen molar-refractivity contribution in [2.24, 2.45) is 0 Å². The lowest BCUT2D eigenvalue weighted by molar-refractivity contribution is 0.322. The number of hydrogen-bond donors (Lipinski definition) is 0. The van der Waals surface area contributed by atoms with Crippen LogP contribution in [0.25, 0.3) is 0 Å². The van der Waals surface area contributed by atoms with Gasteiger partial charge in [0.05, 0.1) is 0 Å². The molecule has 27 heavy (non-hydrogen) atoms. The van der Waals surface area contributed by atoms with Crippen molar-refractivity contribution in [3.05, 3.63) is 0 Å². The second-order valence-corrected chi connectivity index (χ2v) is 22.7. The van der Waals surface area contributed by atoms with E-state index in [0.717, 1.165) is 16.6 Å². The summed E-state index contributed by atoms with van der Waals surface area (Å²) in [7, 11) is -5.57. The molecular formula is C21H43ClO2Si3. The van der Waals surface area contributed by atoms with Crippen LogP contribution in [0.2, 0.25) is 36.3 Å². The van der Waals surface area contributed by atoms with Crippen LogP contribution in [0, 0.1) is 0 Å². The molecule has 0 saturated heterocycles. The fraction of sp³-hybridized carbons (Fsp3) is 1.00. The Morgan fingerprint density at radius 3 is 1.26 bits per heavy atom. The van der Waals surface area contributed by atoms with Gasteiger partial charge >= 0.3 is 0 Å². The molecule has 2 nitrogen and oxygen atoms in total. The molecule has 0 bridgehead atoms. The van der Waals surface area contributed by atoms with Crippen LogP contribution in [0.1, 0.15) is 96.3 Å².